The molecule has 0 aromatic heterocycles. The van der Waals surface area contributed by atoms with Crippen LogP contribution in [0.5, 0.6) is 23.0 Å². The Hall–Kier alpha value is -5.25. The number of aryl methyl sites for hydroxylation is 1. The number of anilines is 1. The lowest BCUT2D eigenvalue weighted by molar-refractivity contribution is -0.132. The number of hydrogen-bond donors (Lipinski definition) is 2. The van der Waals surface area contributed by atoms with Crippen molar-refractivity contribution in [1.82, 2.24) is 10.2 Å². The Labute approximate surface area is 292 Å². The highest BCUT2D eigenvalue weighted by Crippen LogP contribution is 2.50. The Bertz CT molecular complexity index is 1980. The second-order valence-electron chi connectivity index (χ2n) is 12.8. The maximum atomic E-state index is 13.7. The van der Waals surface area contributed by atoms with Gasteiger partial charge in [-0.2, -0.15) is 0 Å². The summed E-state index contributed by atoms with van der Waals surface area (Å²) in [5.41, 5.74) is 4.57. The molecule has 1 fully saturated rings. The first-order chi connectivity index (χ1) is 24.3. The zero-order valence-corrected chi connectivity index (χ0v) is 29.4. The van der Waals surface area contributed by atoms with Crippen molar-refractivity contribution < 1.29 is 28.5 Å². The van der Waals surface area contributed by atoms with E-state index in [0.717, 1.165) is 58.2 Å². The van der Waals surface area contributed by atoms with Gasteiger partial charge in [-0.25, -0.2) is 0 Å². The number of amides is 2. The highest BCUT2D eigenvalue weighted by Gasteiger charge is 2.32. The number of hydrogen-bond acceptors (Lipinski definition) is 8. The minimum Gasteiger partial charge on any atom is -0.496 e. The standard InChI is InChI=1S/C40H45N3O7/c1-24(44)42-31-17-14-25-22-36(48-3)39(49-4)40(50-5)38(25)29-15-18-32(34(45)23-30(29)31)41-20-8-13-37(46)43-21-9-12-33(43)27-16-19-35(47-2)28-11-7-6-10-26(27)28/h6-7,10-11,15-16,18-19,22-23,31,33H,8-9,12-14,17,20-21H2,1-5H3,(H,41,45)(H,42,44)/t31-,33+/m0/s1. The Morgan fingerprint density at radius 3 is 2.32 bits per heavy atom. The van der Waals surface area contributed by atoms with Crippen molar-refractivity contribution in [3.05, 3.63) is 87.6 Å². The van der Waals surface area contributed by atoms with E-state index >= 15 is 0 Å². The van der Waals surface area contributed by atoms with Gasteiger partial charge in [0, 0.05) is 37.4 Å². The first-order valence-corrected chi connectivity index (χ1v) is 17.2. The Balaban J connectivity index is 1.22. The topological polar surface area (TPSA) is 115 Å². The molecule has 262 valence electrons. The van der Waals surface area contributed by atoms with Gasteiger partial charge in [0.2, 0.25) is 23.0 Å². The molecular weight excluding hydrogens is 634 g/mol. The van der Waals surface area contributed by atoms with Crippen LogP contribution in [0.3, 0.4) is 0 Å². The predicted octanol–water partition coefficient (Wildman–Crippen LogP) is 6.58. The molecule has 2 atom stereocenters. The van der Waals surface area contributed by atoms with Crippen molar-refractivity contribution in [1.29, 1.82) is 0 Å². The third kappa shape index (κ3) is 6.66. The molecule has 1 aliphatic heterocycles. The number of nitrogens with one attached hydrogen (secondary N) is 2. The second-order valence-corrected chi connectivity index (χ2v) is 12.8. The molecule has 0 unspecified atom stereocenters. The van der Waals surface area contributed by atoms with Gasteiger partial charge in [0.05, 0.1) is 46.2 Å². The number of likely N-dealkylation sites (tertiary alicyclic amines) is 1. The first-order valence-electron chi connectivity index (χ1n) is 17.2. The molecule has 4 aromatic carbocycles. The van der Waals surface area contributed by atoms with Gasteiger partial charge in [-0.05, 0) is 84.0 Å². The van der Waals surface area contributed by atoms with Gasteiger partial charge >= 0.3 is 0 Å². The number of rotatable bonds is 11. The van der Waals surface area contributed by atoms with Crippen molar-refractivity contribution >= 4 is 28.3 Å². The van der Waals surface area contributed by atoms with Gasteiger partial charge < -0.3 is 34.5 Å². The van der Waals surface area contributed by atoms with Crippen LogP contribution >= 0.6 is 0 Å². The highest BCUT2D eigenvalue weighted by atomic mass is 16.5. The minimum atomic E-state index is -0.390. The van der Waals surface area contributed by atoms with Crippen LogP contribution in [0.2, 0.25) is 0 Å². The van der Waals surface area contributed by atoms with Gasteiger partial charge in [-0.3, -0.25) is 14.4 Å². The van der Waals surface area contributed by atoms with Crippen molar-refractivity contribution in [3.8, 4) is 34.1 Å². The lowest BCUT2D eigenvalue weighted by atomic mass is 9.95. The number of methoxy groups -OCH3 is 4. The fraction of sp³-hybridized carbons (Fsp3) is 0.375. The molecule has 1 saturated heterocycles. The van der Waals surface area contributed by atoms with E-state index in [9.17, 15) is 14.4 Å². The van der Waals surface area contributed by atoms with Crippen LogP contribution in [0.25, 0.3) is 21.9 Å². The summed E-state index contributed by atoms with van der Waals surface area (Å²) >= 11 is 0. The van der Waals surface area contributed by atoms with E-state index in [1.54, 1.807) is 40.6 Å². The summed E-state index contributed by atoms with van der Waals surface area (Å²) in [6.45, 7) is 2.64. The summed E-state index contributed by atoms with van der Waals surface area (Å²) in [5, 5.41) is 8.48. The molecule has 50 heavy (non-hydrogen) atoms. The lowest BCUT2D eigenvalue weighted by Gasteiger charge is -2.26. The third-order valence-corrected chi connectivity index (χ3v) is 9.87. The summed E-state index contributed by atoms with van der Waals surface area (Å²) in [6.07, 6.45) is 3.98. The van der Waals surface area contributed by atoms with Crippen LogP contribution in [0.15, 0.2) is 65.5 Å². The Kier molecular flexibility index (Phi) is 10.5. The molecule has 6 rings (SSSR count). The summed E-state index contributed by atoms with van der Waals surface area (Å²) in [7, 11) is 6.39. The quantitative estimate of drug-likeness (QED) is 0.171. The molecule has 10 nitrogen and oxygen atoms in total. The number of ether oxygens (including phenoxy) is 4. The van der Waals surface area contributed by atoms with Crippen LogP contribution in [0.4, 0.5) is 5.69 Å². The average Bonchev–Trinajstić information content (AvgIpc) is 3.50. The number of benzene rings is 3. The van der Waals surface area contributed by atoms with E-state index in [0.29, 0.717) is 60.7 Å². The van der Waals surface area contributed by atoms with E-state index in [1.165, 1.54) is 6.92 Å². The number of carbonyl (C=O) groups excluding carboxylic acids is 2. The fourth-order valence-corrected chi connectivity index (χ4v) is 7.61. The Morgan fingerprint density at radius 1 is 0.840 bits per heavy atom. The van der Waals surface area contributed by atoms with E-state index in [4.69, 9.17) is 18.9 Å². The number of nitrogens with zero attached hydrogens (tertiary/aromatic N) is 1. The predicted molar refractivity (Wildman–Crippen MR) is 195 cm³/mol. The summed E-state index contributed by atoms with van der Waals surface area (Å²) < 4.78 is 22.8. The van der Waals surface area contributed by atoms with E-state index < -0.39 is 6.04 Å². The Morgan fingerprint density at radius 2 is 1.60 bits per heavy atom. The number of carbonyl (C=O) groups is 2. The zero-order valence-electron chi connectivity index (χ0n) is 29.4. The van der Waals surface area contributed by atoms with Crippen molar-refractivity contribution in [2.45, 2.75) is 57.5 Å². The van der Waals surface area contributed by atoms with Gasteiger partial charge in [-0.1, -0.05) is 36.4 Å². The van der Waals surface area contributed by atoms with E-state index in [-0.39, 0.29) is 23.3 Å². The van der Waals surface area contributed by atoms with Crippen LogP contribution in [-0.2, 0) is 16.0 Å². The number of fused-ring (bicyclic) bond motifs is 4. The third-order valence-electron chi connectivity index (χ3n) is 9.87. The van der Waals surface area contributed by atoms with Gasteiger partial charge in [-0.15, -0.1) is 0 Å². The lowest BCUT2D eigenvalue weighted by Crippen LogP contribution is -2.30. The van der Waals surface area contributed by atoms with E-state index in [1.807, 2.05) is 35.2 Å². The first kappa shape index (κ1) is 34.6. The molecule has 2 amide bonds. The highest BCUT2D eigenvalue weighted by molar-refractivity contribution is 5.92. The molecule has 10 heteroatoms. The molecule has 2 N–H and O–H groups in total. The van der Waals surface area contributed by atoms with Crippen LogP contribution in [-0.4, -0.2) is 58.2 Å². The molecule has 1 heterocycles. The molecule has 2 aliphatic rings. The van der Waals surface area contributed by atoms with Crippen molar-refractivity contribution in [3.63, 3.8) is 0 Å². The minimum absolute atomic E-state index is 0.0121. The molecule has 1 aliphatic carbocycles. The zero-order chi connectivity index (χ0) is 35.4. The monoisotopic (exact) mass is 679 g/mol. The maximum Gasteiger partial charge on any atom is 0.223 e. The van der Waals surface area contributed by atoms with Gasteiger partial charge in [0.1, 0.15) is 5.75 Å². The average molecular weight is 680 g/mol. The molecule has 0 spiro atoms. The molecule has 0 radical (unpaired) electrons. The van der Waals surface area contributed by atoms with Gasteiger partial charge in [0.25, 0.3) is 0 Å². The van der Waals surface area contributed by atoms with Crippen LogP contribution < -0.4 is 35.0 Å². The molecule has 4 aromatic rings. The van der Waals surface area contributed by atoms with E-state index in [2.05, 4.69) is 28.8 Å². The maximum absolute atomic E-state index is 13.7. The SMILES string of the molecule is COc1cc2c(c(OC)c1OC)-c1ccc(NCCCC(=O)N3CCC[C@@H]3c3ccc(OC)c4ccccc34)c(=O)cc1[C@@H](NC(C)=O)CC2. The normalized spacial score (nSPS) is 16.5. The molecule has 0 bridgehead atoms. The summed E-state index contributed by atoms with van der Waals surface area (Å²) in [6, 6.07) is 19.1. The van der Waals surface area contributed by atoms with Crippen LogP contribution in [0.1, 0.15) is 67.8 Å². The smallest absolute Gasteiger partial charge is 0.223 e. The molecular formula is C40H45N3O7. The van der Waals surface area contributed by atoms with Crippen molar-refractivity contribution in [2.75, 3.05) is 46.8 Å². The van der Waals surface area contributed by atoms with Crippen molar-refractivity contribution in [2.24, 2.45) is 0 Å². The summed E-state index contributed by atoms with van der Waals surface area (Å²) in [5.74, 6) is 2.24. The largest absolute Gasteiger partial charge is 0.496 e. The van der Waals surface area contributed by atoms with Crippen LogP contribution in [0, 0.1) is 0 Å². The second kappa shape index (κ2) is 15.1. The molecule has 0 saturated carbocycles. The summed E-state index contributed by atoms with van der Waals surface area (Å²) in [4.78, 5) is 41.5. The van der Waals surface area contributed by atoms with Gasteiger partial charge in [0.15, 0.2) is 11.5 Å². The fourth-order valence-electron chi connectivity index (χ4n) is 7.61.